The standard InChI is InChI=1S/3C8H4F13.Sn/c3*1-2-3(9,10)4(11,12)5(13,14)6(15,16)7(17,18)8(19,20)21;/h3*2H,1H3;/i;;;1+37. The van der Waals surface area contributed by atoms with Crippen LogP contribution in [0.3, 0.4) is 0 Å². The average Bonchev–Trinajstić information content (AvgIpc) is 3.05. The Morgan fingerprint density at radius 3 is 0.406 bits per heavy atom. The molecule has 0 N–H and O–H groups in total. The fourth-order valence-corrected chi connectivity index (χ4v) is 16.5. The Balaban J connectivity index is 8.80. The summed E-state index contributed by atoms with van der Waals surface area (Å²) in [5, 5.41) is 0. The van der Waals surface area contributed by atoms with E-state index in [2.05, 4.69) is 0 Å². The van der Waals surface area contributed by atoms with E-state index in [0.29, 0.717) is 0 Å². The topological polar surface area (TPSA) is 0 Å². The number of halogens is 39. The summed E-state index contributed by atoms with van der Waals surface area (Å²) in [6.07, 6.45) is -25.1. The van der Waals surface area contributed by atoms with Crippen LogP contribution in [-0.2, 0) is 0 Å². The quantitative estimate of drug-likeness (QED) is 0.0948. The third-order valence-corrected chi connectivity index (χ3v) is 20.7. The van der Waals surface area contributed by atoms with E-state index in [-0.39, 0.29) is 0 Å². The molecule has 64 heavy (non-hydrogen) atoms. The second-order valence-electron chi connectivity index (χ2n) is 12.9. The molecule has 3 atom stereocenters. The van der Waals surface area contributed by atoms with E-state index >= 15 is 26.3 Å². The predicted octanol–water partition coefficient (Wildman–Crippen LogP) is 14.9. The number of hydrogen-bond donors (Lipinski definition) is 0. The molecule has 40 heteroatoms. The molecular formula is C24H12F39Sn. The number of rotatable bonds is 18. The zero-order valence-corrected chi connectivity index (χ0v) is 31.8. The van der Waals surface area contributed by atoms with Gasteiger partial charge in [-0.1, -0.05) is 0 Å². The van der Waals surface area contributed by atoms with Crippen LogP contribution >= 0.6 is 0 Å². The van der Waals surface area contributed by atoms with Crippen LogP contribution in [0.1, 0.15) is 20.8 Å². The van der Waals surface area contributed by atoms with E-state index < -0.39 is 160 Å². The van der Waals surface area contributed by atoms with Gasteiger partial charge < -0.3 is 0 Å². The van der Waals surface area contributed by atoms with Gasteiger partial charge in [-0.3, -0.25) is 0 Å². The third kappa shape index (κ3) is 7.88. The van der Waals surface area contributed by atoms with Gasteiger partial charge in [0, 0.05) is 0 Å². The van der Waals surface area contributed by atoms with Gasteiger partial charge in [-0.05, 0) is 0 Å². The maximum absolute atomic E-state index is 15.2. The zero-order valence-electron chi connectivity index (χ0n) is 29.0. The van der Waals surface area contributed by atoms with Gasteiger partial charge in [0.2, 0.25) is 0 Å². The summed E-state index contributed by atoms with van der Waals surface area (Å²) in [7, 11) is 0. The molecule has 0 nitrogen and oxygen atoms in total. The molecule has 0 saturated heterocycles. The van der Waals surface area contributed by atoms with Gasteiger partial charge >= 0.3 is 331 Å². The fourth-order valence-electron chi connectivity index (χ4n) is 4.91. The van der Waals surface area contributed by atoms with Crippen molar-refractivity contribution in [2.45, 2.75) is 140 Å². The average molecular weight is 1040 g/mol. The molecule has 0 aromatic heterocycles. The third-order valence-electron chi connectivity index (χ3n) is 9.00. The number of hydrogen-bond acceptors (Lipinski definition) is 0. The second kappa shape index (κ2) is 15.8. The first-order valence-electron chi connectivity index (χ1n) is 14.6. The molecule has 0 aromatic carbocycles. The van der Waals surface area contributed by atoms with Crippen LogP contribution in [-0.4, -0.2) is 127 Å². The fraction of sp³-hybridized carbons (Fsp3) is 1.00. The van der Waals surface area contributed by atoms with Crippen molar-refractivity contribution in [3.05, 3.63) is 0 Å². The summed E-state index contributed by atoms with van der Waals surface area (Å²) in [6, 6.07) is 0. The van der Waals surface area contributed by atoms with Gasteiger partial charge in [0.05, 0.1) is 0 Å². The van der Waals surface area contributed by atoms with Gasteiger partial charge in [0.15, 0.2) is 0 Å². The Hall–Kier alpha value is -1.93. The second-order valence-corrected chi connectivity index (χ2v) is 23.2. The van der Waals surface area contributed by atoms with Crippen LogP contribution in [0.25, 0.3) is 0 Å². The molecule has 0 aliphatic carbocycles. The van der Waals surface area contributed by atoms with E-state index in [9.17, 15) is 145 Å². The Morgan fingerprint density at radius 1 is 0.188 bits per heavy atom. The SMILES string of the molecule is C[CH]([3Sn]([CH](C)C(F)(F)C(F)(F)C(F)(F)C(F)(F)C(F)(F)C(F)(F)F)[CH](C)C(F)(F)C(F)(F)C(F)(F)C(F)(F)C(F)(F)C(F)(F)F)C(F)(F)C(F)(F)C(F)(F)C(F)(F)C(F)(F)C(F)(F)F. The number of alkyl halides is 39. The van der Waals surface area contributed by atoms with Gasteiger partial charge in [0.1, 0.15) is 0 Å². The first-order chi connectivity index (χ1) is 26.8. The molecular weight excluding hydrogens is 1030 g/mol. The van der Waals surface area contributed by atoms with Crippen molar-refractivity contribution in [1.82, 2.24) is 0 Å². The molecule has 0 bridgehead atoms. The molecule has 0 aromatic rings. The maximum atomic E-state index is 15.2. The summed E-state index contributed by atoms with van der Waals surface area (Å²) < 4.78 is 520. The molecule has 0 aliphatic heterocycles. The Bertz CT molecular complexity index is 1450. The molecule has 0 fully saturated rings. The zero-order chi connectivity index (χ0) is 53.3. The van der Waals surface area contributed by atoms with Crippen LogP contribution in [0, 0.1) is 0 Å². The summed E-state index contributed by atoms with van der Waals surface area (Å²) >= 11 is -9.38. The van der Waals surface area contributed by atoms with Crippen molar-refractivity contribution in [1.29, 1.82) is 0 Å². The van der Waals surface area contributed by atoms with E-state index in [4.69, 9.17) is 0 Å². The van der Waals surface area contributed by atoms with Crippen molar-refractivity contribution in [3.63, 3.8) is 0 Å². The first kappa shape index (κ1) is 62.1. The molecule has 0 saturated carbocycles. The van der Waals surface area contributed by atoms with Crippen LogP contribution in [0.4, 0.5) is 171 Å². The normalized spacial score (nSPS) is 18.4. The first-order valence-corrected chi connectivity index (χ1v) is 19.5. The van der Waals surface area contributed by atoms with E-state index in [1.54, 1.807) is 0 Å². The molecule has 0 spiro atoms. The van der Waals surface area contributed by atoms with Crippen LogP contribution < -0.4 is 0 Å². The summed E-state index contributed by atoms with van der Waals surface area (Å²) in [4.78, 5) is 0. The summed E-state index contributed by atoms with van der Waals surface area (Å²) in [6.45, 7) is -5.32. The van der Waals surface area contributed by atoms with Crippen molar-refractivity contribution < 1.29 is 171 Å². The molecule has 385 valence electrons. The molecule has 0 heterocycles. The van der Waals surface area contributed by atoms with Gasteiger partial charge in [-0.15, -0.1) is 0 Å². The van der Waals surface area contributed by atoms with Crippen LogP contribution in [0.2, 0.25) is 11.8 Å². The van der Waals surface area contributed by atoms with Crippen molar-refractivity contribution in [2.75, 3.05) is 0 Å². The Kier molecular flexibility index (Phi) is 15.3. The van der Waals surface area contributed by atoms with Gasteiger partial charge in [0.25, 0.3) is 0 Å². The van der Waals surface area contributed by atoms with Crippen LogP contribution in [0.15, 0.2) is 0 Å². The van der Waals surface area contributed by atoms with Gasteiger partial charge in [-0.2, -0.15) is 0 Å². The van der Waals surface area contributed by atoms with E-state index in [1.165, 1.54) is 0 Å². The molecule has 0 rings (SSSR count). The van der Waals surface area contributed by atoms with Crippen LogP contribution in [0.5, 0.6) is 0 Å². The molecule has 1 radical (unpaired) electrons. The Morgan fingerprint density at radius 2 is 0.297 bits per heavy atom. The van der Waals surface area contributed by atoms with Crippen molar-refractivity contribution in [3.8, 4) is 0 Å². The molecule has 0 aliphatic rings. The van der Waals surface area contributed by atoms with Crippen molar-refractivity contribution in [2.24, 2.45) is 0 Å². The Labute approximate surface area is 331 Å². The predicted molar refractivity (Wildman–Crippen MR) is 126 cm³/mol. The monoisotopic (exact) mass is 1040 g/mol. The van der Waals surface area contributed by atoms with E-state index in [0.717, 1.165) is 0 Å². The summed E-state index contributed by atoms with van der Waals surface area (Å²) in [5.74, 6) is -135. The summed E-state index contributed by atoms with van der Waals surface area (Å²) in [5.41, 5.74) is 0. The van der Waals surface area contributed by atoms with Gasteiger partial charge in [-0.25, -0.2) is 0 Å². The minimum atomic E-state index is -9.38. The minimum absolute atomic E-state index is 1.77. The van der Waals surface area contributed by atoms with Crippen molar-refractivity contribution >= 4 is 19.8 Å². The van der Waals surface area contributed by atoms with E-state index in [1.807, 2.05) is 0 Å². The molecule has 0 amide bonds. The molecule has 3 unspecified atom stereocenters.